The molecule has 232 valence electrons. The number of halogens is 3. The largest absolute Gasteiger partial charge is 0.573 e. The maximum atomic E-state index is 12.7. The van der Waals surface area contributed by atoms with E-state index in [0.717, 1.165) is 28.1 Å². The minimum absolute atomic E-state index is 0.252. The molecule has 0 spiro atoms. The standard InChI is InChI=1S/C32H29F3N6O3S/c1-20(2)27-14-13-26(43-4)17-28(27)41-21(3)18-45-31(41)38-30(42)36-16-15-22-5-7-23(8-6-22)29-37-19-40(39-29)24-9-11-25(12-10-24)44-32(33,34)35/h5-20H,1-4H3,(H,36,42)/b16-15+,38-31-. The van der Waals surface area contributed by atoms with Crippen molar-refractivity contribution in [2.45, 2.75) is 33.1 Å². The molecule has 0 bridgehead atoms. The summed E-state index contributed by atoms with van der Waals surface area (Å²) in [5.41, 5.74) is 5.05. The van der Waals surface area contributed by atoms with Gasteiger partial charge in [-0.3, -0.25) is 4.57 Å². The zero-order chi connectivity index (χ0) is 32.1. The second-order valence-corrected chi connectivity index (χ2v) is 11.0. The predicted octanol–water partition coefficient (Wildman–Crippen LogP) is 7.41. The molecule has 9 nitrogen and oxygen atoms in total. The number of benzene rings is 3. The quantitative estimate of drug-likeness (QED) is 0.192. The molecule has 0 atom stereocenters. The summed E-state index contributed by atoms with van der Waals surface area (Å²) in [5, 5.41) is 9.06. The monoisotopic (exact) mass is 634 g/mol. The molecule has 0 aliphatic rings. The number of aryl methyl sites for hydroxylation is 1. The molecule has 0 aliphatic heterocycles. The van der Waals surface area contributed by atoms with Gasteiger partial charge in [0.15, 0.2) is 10.6 Å². The van der Waals surface area contributed by atoms with Crippen molar-refractivity contribution in [3.63, 3.8) is 0 Å². The van der Waals surface area contributed by atoms with Crippen molar-refractivity contribution in [3.8, 4) is 34.3 Å². The van der Waals surface area contributed by atoms with Crippen LogP contribution in [0.5, 0.6) is 11.5 Å². The SMILES string of the molecule is COc1ccc(C(C)C)c(-n2c(C)cs/c2=N\C(=O)N/C=C/c2ccc(-c3ncn(-c4ccc(OC(F)(F)F)cc4)n3)cc2)c1. The van der Waals surface area contributed by atoms with Crippen LogP contribution in [0.1, 0.15) is 36.6 Å². The number of nitrogens with zero attached hydrogens (tertiary/aromatic N) is 5. The van der Waals surface area contributed by atoms with E-state index in [1.807, 2.05) is 59.3 Å². The fourth-order valence-corrected chi connectivity index (χ4v) is 5.35. The number of thiazole rings is 1. The summed E-state index contributed by atoms with van der Waals surface area (Å²) < 4.78 is 50.0. The maximum absolute atomic E-state index is 12.7. The van der Waals surface area contributed by atoms with E-state index in [-0.39, 0.29) is 11.7 Å². The van der Waals surface area contributed by atoms with E-state index in [1.54, 1.807) is 13.2 Å². The van der Waals surface area contributed by atoms with Gasteiger partial charge in [0.05, 0.1) is 18.5 Å². The van der Waals surface area contributed by atoms with Crippen LogP contribution in [0, 0.1) is 6.92 Å². The molecule has 0 saturated carbocycles. The van der Waals surface area contributed by atoms with Gasteiger partial charge in [0, 0.05) is 28.9 Å². The Morgan fingerprint density at radius 1 is 1.04 bits per heavy atom. The van der Waals surface area contributed by atoms with Gasteiger partial charge in [-0.25, -0.2) is 14.5 Å². The number of hydrogen-bond acceptors (Lipinski definition) is 6. The number of rotatable bonds is 8. The van der Waals surface area contributed by atoms with Gasteiger partial charge < -0.3 is 14.8 Å². The Hall–Kier alpha value is -5.17. The Labute approximate surface area is 260 Å². The number of methoxy groups -OCH3 is 1. The molecule has 2 aromatic heterocycles. The summed E-state index contributed by atoms with van der Waals surface area (Å²) in [6, 6.07) is 18.0. The molecule has 45 heavy (non-hydrogen) atoms. The molecule has 3 aromatic carbocycles. The molecule has 0 aliphatic carbocycles. The average Bonchev–Trinajstić information content (AvgIpc) is 3.64. The molecule has 0 saturated heterocycles. The van der Waals surface area contributed by atoms with Gasteiger partial charge in [-0.15, -0.1) is 29.6 Å². The molecule has 1 N–H and O–H groups in total. The van der Waals surface area contributed by atoms with Crippen LogP contribution in [0.25, 0.3) is 28.8 Å². The number of amides is 2. The smallest absolute Gasteiger partial charge is 0.497 e. The number of carbonyl (C=O) groups excluding carboxylic acids is 1. The van der Waals surface area contributed by atoms with Crippen LogP contribution in [0.15, 0.2) is 89.6 Å². The van der Waals surface area contributed by atoms with Crippen LogP contribution in [0.3, 0.4) is 0 Å². The first kappa shape index (κ1) is 31.3. The first-order chi connectivity index (χ1) is 21.5. The zero-order valence-electron chi connectivity index (χ0n) is 24.7. The van der Waals surface area contributed by atoms with E-state index < -0.39 is 12.4 Å². The van der Waals surface area contributed by atoms with E-state index in [9.17, 15) is 18.0 Å². The maximum Gasteiger partial charge on any atom is 0.573 e. The van der Waals surface area contributed by atoms with Crippen molar-refractivity contribution in [2.24, 2.45) is 4.99 Å². The van der Waals surface area contributed by atoms with Crippen molar-refractivity contribution in [2.75, 3.05) is 7.11 Å². The van der Waals surface area contributed by atoms with Crippen molar-refractivity contribution in [3.05, 3.63) is 106 Å². The number of urea groups is 1. The Balaban J connectivity index is 1.25. The first-order valence-corrected chi connectivity index (χ1v) is 14.6. The lowest BCUT2D eigenvalue weighted by Gasteiger charge is -2.16. The normalized spacial score (nSPS) is 12.2. The van der Waals surface area contributed by atoms with Crippen molar-refractivity contribution < 1.29 is 27.4 Å². The third-order valence-electron chi connectivity index (χ3n) is 6.65. The highest BCUT2D eigenvalue weighted by atomic mass is 32.1. The minimum atomic E-state index is -4.76. The fourth-order valence-electron chi connectivity index (χ4n) is 4.49. The molecule has 5 rings (SSSR count). The molecular weight excluding hydrogens is 605 g/mol. The molecule has 2 heterocycles. The Bertz CT molecular complexity index is 1890. The summed E-state index contributed by atoms with van der Waals surface area (Å²) in [5.74, 6) is 1.08. The Morgan fingerprint density at radius 3 is 2.42 bits per heavy atom. The highest BCUT2D eigenvalue weighted by Gasteiger charge is 2.31. The van der Waals surface area contributed by atoms with Crippen LogP contribution in [0.4, 0.5) is 18.0 Å². The molecule has 13 heteroatoms. The first-order valence-electron chi connectivity index (χ1n) is 13.8. The number of carbonyl (C=O) groups is 1. The zero-order valence-corrected chi connectivity index (χ0v) is 25.6. The molecule has 0 fully saturated rings. The lowest BCUT2D eigenvalue weighted by atomic mass is 10.0. The summed E-state index contributed by atoms with van der Waals surface area (Å²) >= 11 is 1.38. The molecule has 2 amide bonds. The predicted molar refractivity (Wildman–Crippen MR) is 166 cm³/mol. The van der Waals surface area contributed by atoms with Crippen LogP contribution < -0.4 is 19.6 Å². The summed E-state index contributed by atoms with van der Waals surface area (Å²) in [6.45, 7) is 6.19. The Morgan fingerprint density at radius 2 is 1.76 bits per heavy atom. The van der Waals surface area contributed by atoms with E-state index in [0.29, 0.717) is 22.1 Å². The molecule has 5 aromatic rings. The van der Waals surface area contributed by atoms with Gasteiger partial charge in [-0.05, 0) is 60.4 Å². The lowest BCUT2D eigenvalue weighted by Crippen LogP contribution is -2.22. The second-order valence-electron chi connectivity index (χ2n) is 10.1. The molecule has 0 radical (unpaired) electrons. The lowest BCUT2D eigenvalue weighted by molar-refractivity contribution is -0.274. The Kier molecular flexibility index (Phi) is 9.18. The number of ether oxygens (including phenoxy) is 2. The van der Waals surface area contributed by atoms with Crippen LogP contribution in [-0.4, -0.2) is 38.8 Å². The van der Waals surface area contributed by atoms with Crippen molar-refractivity contribution in [1.29, 1.82) is 0 Å². The topological polar surface area (TPSA) is 95.6 Å². The van der Waals surface area contributed by atoms with Crippen molar-refractivity contribution >= 4 is 23.4 Å². The third kappa shape index (κ3) is 7.68. The second kappa shape index (κ2) is 13.2. The third-order valence-corrected chi connectivity index (χ3v) is 7.60. The van der Waals surface area contributed by atoms with Gasteiger partial charge in [-0.2, -0.15) is 4.99 Å². The van der Waals surface area contributed by atoms with Crippen LogP contribution in [-0.2, 0) is 0 Å². The van der Waals surface area contributed by atoms with Gasteiger partial charge in [0.1, 0.15) is 17.8 Å². The van der Waals surface area contributed by atoms with E-state index in [4.69, 9.17) is 4.74 Å². The molecule has 0 unspecified atom stereocenters. The van der Waals surface area contributed by atoms with E-state index in [2.05, 4.69) is 39.0 Å². The van der Waals surface area contributed by atoms with Gasteiger partial charge in [0.25, 0.3) is 0 Å². The van der Waals surface area contributed by atoms with E-state index in [1.165, 1.54) is 52.8 Å². The number of alkyl halides is 3. The highest BCUT2D eigenvalue weighted by molar-refractivity contribution is 7.07. The van der Waals surface area contributed by atoms with Crippen molar-refractivity contribution in [1.82, 2.24) is 24.6 Å². The van der Waals surface area contributed by atoms with Gasteiger partial charge in [0.2, 0.25) is 0 Å². The number of hydrogen-bond donors (Lipinski definition) is 1. The number of nitrogens with one attached hydrogen (secondary N) is 1. The highest BCUT2D eigenvalue weighted by Crippen LogP contribution is 2.28. The van der Waals surface area contributed by atoms with Crippen LogP contribution in [0.2, 0.25) is 0 Å². The van der Waals surface area contributed by atoms with Gasteiger partial charge in [-0.1, -0.05) is 44.2 Å². The molecular formula is C32H29F3N6O3S. The summed E-state index contributed by atoms with van der Waals surface area (Å²) in [6.07, 6.45) is -0.0262. The number of aromatic nitrogens is 4. The summed E-state index contributed by atoms with van der Waals surface area (Å²) in [7, 11) is 1.62. The van der Waals surface area contributed by atoms with Gasteiger partial charge >= 0.3 is 12.4 Å². The fraction of sp³-hybridized carbons (Fsp3) is 0.188. The van der Waals surface area contributed by atoms with E-state index >= 15 is 0 Å². The summed E-state index contributed by atoms with van der Waals surface area (Å²) in [4.78, 5) is 21.9. The minimum Gasteiger partial charge on any atom is -0.497 e. The average molecular weight is 635 g/mol. The van der Waals surface area contributed by atoms with Crippen LogP contribution >= 0.6 is 11.3 Å².